The Bertz CT molecular complexity index is 311. The Morgan fingerprint density at radius 3 is 2.60 bits per heavy atom. The highest BCUT2D eigenvalue weighted by Gasteiger charge is 2.01. The fourth-order valence-electron chi connectivity index (χ4n) is 1.21. The molecule has 4 heteroatoms. The van der Waals surface area contributed by atoms with Crippen LogP contribution in [0.3, 0.4) is 0 Å². The summed E-state index contributed by atoms with van der Waals surface area (Å²) in [5, 5.41) is 2.68. The summed E-state index contributed by atoms with van der Waals surface area (Å²) in [7, 11) is 0. The fraction of sp³-hybridized carbons (Fsp3) is 0.364. The van der Waals surface area contributed by atoms with Gasteiger partial charge >= 0.3 is 0 Å². The number of nitrogens with one attached hydrogen (secondary N) is 1. The lowest BCUT2D eigenvalue weighted by atomic mass is 10.1. The molecule has 0 aliphatic heterocycles. The van der Waals surface area contributed by atoms with E-state index in [1.54, 1.807) is 12.1 Å². The van der Waals surface area contributed by atoms with Crippen molar-refractivity contribution in [2.45, 2.75) is 12.8 Å². The van der Waals surface area contributed by atoms with E-state index in [1.807, 2.05) is 0 Å². The van der Waals surface area contributed by atoms with E-state index in [9.17, 15) is 9.18 Å². The molecule has 0 bridgehead atoms. The fourth-order valence-corrected chi connectivity index (χ4v) is 1.21. The highest BCUT2D eigenvalue weighted by molar-refractivity contribution is 5.76. The van der Waals surface area contributed by atoms with E-state index in [2.05, 4.69) is 5.32 Å². The summed E-state index contributed by atoms with van der Waals surface area (Å²) in [6.45, 7) is 0.949. The van der Waals surface area contributed by atoms with E-state index in [4.69, 9.17) is 5.73 Å². The number of carbonyl (C=O) groups is 1. The lowest BCUT2D eigenvalue weighted by Crippen LogP contribution is -2.29. The molecule has 82 valence electrons. The summed E-state index contributed by atoms with van der Waals surface area (Å²) >= 11 is 0. The number of amides is 1. The quantitative estimate of drug-likeness (QED) is 0.756. The van der Waals surface area contributed by atoms with E-state index in [0.29, 0.717) is 25.9 Å². The van der Waals surface area contributed by atoms with Crippen molar-refractivity contribution in [2.24, 2.45) is 5.73 Å². The lowest BCUT2D eigenvalue weighted by molar-refractivity contribution is -0.120. The van der Waals surface area contributed by atoms with Crippen LogP contribution in [0.1, 0.15) is 12.0 Å². The van der Waals surface area contributed by atoms with Gasteiger partial charge < -0.3 is 11.1 Å². The third kappa shape index (κ3) is 4.56. The summed E-state index contributed by atoms with van der Waals surface area (Å²) in [5.41, 5.74) is 6.20. The molecule has 3 N–H and O–H groups in total. The molecule has 1 aromatic carbocycles. The van der Waals surface area contributed by atoms with Crippen LogP contribution in [0.2, 0.25) is 0 Å². The number of hydrogen-bond acceptors (Lipinski definition) is 2. The van der Waals surface area contributed by atoms with E-state index in [0.717, 1.165) is 5.56 Å². The zero-order valence-electron chi connectivity index (χ0n) is 8.50. The Balaban J connectivity index is 2.30. The van der Waals surface area contributed by atoms with Gasteiger partial charge in [0.1, 0.15) is 5.82 Å². The van der Waals surface area contributed by atoms with Crippen molar-refractivity contribution < 1.29 is 9.18 Å². The molecule has 0 aromatic heterocycles. The number of nitrogens with two attached hydrogens (primary N) is 1. The monoisotopic (exact) mass is 210 g/mol. The zero-order valence-corrected chi connectivity index (χ0v) is 8.50. The van der Waals surface area contributed by atoms with Gasteiger partial charge in [-0.2, -0.15) is 0 Å². The maximum absolute atomic E-state index is 12.6. The van der Waals surface area contributed by atoms with Crippen molar-refractivity contribution in [2.75, 3.05) is 13.1 Å². The maximum atomic E-state index is 12.6. The van der Waals surface area contributed by atoms with E-state index in [-0.39, 0.29) is 11.7 Å². The van der Waals surface area contributed by atoms with Gasteiger partial charge in [-0.15, -0.1) is 0 Å². The van der Waals surface area contributed by atoms with Crippen LogP contribution < -0.4 is 11.1 Å². The van der Waals surface area contributed by atoms with Crippen molar-refractivity contribution in [3.63, 3.8) is 0 Å². The van der Waals surface area contributed by atoms with Crippen LogP contribution in [-0.2, 0) is 11.2 Å². The van der Waals surface area contributed by atoms with Gasteiger partial charge in [0.25, 0.3) is 0 Å². The SMILES string of the molecule is NCCNC(=O)CCc1ccc(F)cc1. The van der Waals surface area contributed by atoms with Crippen LogP contribution in [0.15, 0.2) is 24.3 Å². The first-order chi connectivity index (χ1) is 7.22. The molecule has 1 amide bonds. The predicted octanol–water partition coefficient (Wildman–Crippen LogP) is 0.833. The molecule has 15 heavy (non-hydrogen) atoms. The molecule has 0 fully saturated rings. The second-order valence-corrected chi connectivity index (χ2v) is 3.27. The Labute approximate surface area is 88.5 Å². The van der Waals surface area contributed by atoms with E-state index < -0.39 is 0 Å². The number of rotatable bonds is 5. The normalized spacial score (nSPS) is 10.0. The topological polar surface area (TPSA) is 55.1 Å². The molecule has 0 aliphatic rings. The maximum Gasteiger partial charge on any atom is 0.220 e. The highest BCUT2D eigenvalue weighted by atomic mass is 19.1. The largest absolute Gasteiger partial charge is 0.355 e. The van der Waals surface area contributed by atoms with Crippen LogP contribution in [0.5, 0.6) is 0 Å². The van der Waals surface area contributed by atoms with Gasteiger partial charge in [0.2, 0.25) is 5.91 Å². The first-order valence-electron chi connectivity index (χ1n) is 4.93. The molecular weight excluding hydrogens is 195 g/mol. The Kier molecular flexibility index (Phi) is 4.77. The lowest BCUT2D eigenvalue weighted by Gasteiger charge is -2.03. The smallest absolute Gasteiger partial charge is 0.220 e. The standard InChI is InChI=1S/C11H15FN2O/c12-10-4-1-9(2-5-10)3-6-11(15)14-8-7-13/h1-2,4-5H,3,6-8,13H2,(H,14,15). The summed E-state index contributed by atoms with van der Waals surface area (Å²) < 4.78 is 12.6. The molecule has 1 aromatic rings. The van der Waals surface area contributed by atoms with Gasteiger partial charge in [-0.05, 0) is 24.1 Å². The van der Waals surface area contributed by atoms with Gasteiger partial charge in [-0.1, -0.05) is 12.1 Å². The van der Waals surface area contributed by atoms with Crippen molar-refractivity contribution in [1.82, 2.24) is 5.32 Å². The number of hydrogen-bond donors (Lipinski definition) is 2. The van der Waals surface area contributed by atoms with Crippen molar-refractivity contribution in [1.29, 1.82) is 0 Å². The van der Waals surface area contributed by atoms with Crippen LogP contribution in [0, 0.1) is 5.82 Å². The molecule has 0 saturated heterocycles. The van der Waals surface area contributed by atoms with Crippen LogP contribution in [0.25, 0.3) is 0 Å². The minimum atomic E-state index is -0.258. The Hall–Kier alpha value is -1.42. The van der Waals surface area contributed by atoms with Gasteiger partial charge in [0, 0.05) is 19.5 Å². The predicted molar refractivity (Wildman–Crippen MR) is 56.8 cm³/mol. The summed E-state index contributed by atoms with van der Waals surface area (Å²) in [6.07, 6.45) is 1.03. The molecule has 0 saturated carbocycles. The molecule has 0 atom stereocenters. The van der Waals surface area contributed by atoms with Gasteiger partial charge in [-0.3, -0.25) is 4.79 Å². The number of benzene rings is 1. The van der Waals surface area contributed by atoms with Gasteiger partial charge in [0.05, 0.1) is 0 Å². The average Bonchev–Trinajstić information content (AvgIpc) is 2.25. The zero-order chi connectivity index (χ0) is 11.1. The molecular formula is C11H15FN2O. The molecule has 3 nitrogen and oxygen atoms in total. The molecule has 1 rings (SSSR count). The first-order valence-corrected chi connectivity index (χ1v) is 4.93. The summed E-state index contributed by atoms with van der Waals surface area (Å²) in [6, 6.07) is 6.16. The third-order valence-electron chi connectivity index (χ3n) is 2.02. The van der Waals surface area contributed by atoms with Crippen molar-refractivity contribution >= 4 is 5.91 Å². The highest BCUT2D eigenvalue weighted by Crippen LogP contribution is 2.05. The number of aryl methyl sites for hydroxylation is 1. The molecule has 0 heterocycles. The van der Waals surface area contributed by atoms with Crippen LogP contribution >= 0.6 is 0 Å². The van der Waals surface area contributed by atoms with E-state index in [1.165, 1.54) is 12.1 Å². The number of halogens is 1. The Morgan fingerprint density at radius 1 is 1.33 bits per heavy atom. The van der Waals surface area contributed by atoms with Crippen LogP contribution in [0.4, 0.5) is 4.39 Å². The minimum Gasteiger partial charge on any atom is -0.355 e. The van der Waals surface area contributed by atoms with Crippen LogP contribution in [-0.4, -0.2) is 19.0 Å². The Morgan fingerprint density at radius 2 is 2.00 bits per heavy atom. The third-order valence-corrected chi connectivity index (χ3v) is 2.02. The molecule has 0 aliphatic carbocycles. The second-order valence-electron chi connectivity index (χ2n) is 3.27. The van der Waals surface area contributed by atoms with Gasteiger partial charge in [-0.25, -0.2) is 4.39 Å². The van der Waals surface area contributed by atoms with Crippen molar-refractivity contribution in [3.8, 4) is 0 Å². The average molecular weight is 210 g/mol. The molecule has 0 unspecified atom stereocenters. The minimum absolute atomic E-state index is 0.0234. The number of carbonyl (C=O) groups excluding carboxylic acids is 1. The second kappa shape index (κ2) is 6.14. The van der Waals surface area contributed by atoms with Gasteiger partial charge in [0.15, 0.2) is 0 Å². The molecule has 0 radical (unpaired) electrons. The van der Waals surface area contributed by atoms with E-state index >= 15 is 0 Å². The first kappa shape index (κ1) is 11.7. The van der Waals surface area contributed by atoms with Crippen molar-refractivity contribution in [3.05, 3.63) is 35.6 Å². The summed E-state index contributed by atoms with van der Waals surface area (Å²) in [5.74, 6) is -0.281. The molecule has 0 spiro atoms. The summed E-state index contributed by atoms with van der Waals surface area (Å²) in [4.78, 5) is 11.2.